The highest BCUT2D eigenvalue weighted by Crippen LogP contribution is 2.26. The first kappa shape index (κ1) is 23.1. The van der Waals surface area contributed by atoms with Gasteiger partial charge in [-0.25, -0.2) is 0 Å². The van der Waals surface area contributed by atoms with Crippen LogP contribution in [0.5, 0.6) is 0 Å². The van der Waals surface area contributed by atoms with Gasteiger partial charge in [0.05, 0.1) is 19.1 Å². The van der Waals surface area contributed by atoms with Gasteiger partial charge < -0.3 is 14.7 Å². The number of piperidine rings is 1. The molecule has 1 saturated heterocycles. The minimum atomic E-state index is -0.681. The number of benzene rings is 2. The van der Waals surface area contributed by atoms with Crippen LogP contribution in [0.1, 0.15) is 29.5 Å². The van der Waals surface area contributed by atoms with Crippen LogP contribution in [-0.4, -0.2) is 48.8 Å². The monoisotopic (exact) mass is 415 g/mol. The Morgan fingerprint density at radius 2 is 1.90 bits per heavy atom. The minimum Gasteiger partial charge on any atom is -0.481 e. The zero-order chi connectivity index (χ0) is 19.8. The molecule has 2 aromatic carbocycles. The molecular weight excluding hydrogens is 386 g/mol. The van der Waals surface area contributed by atoms with Crippen LogP contribution in [0.4, 0.5) is 0 Å². The number of carboxylic acid groups (broad SMARTS) is 1. The fraction of sp³-hybridized carbons (Fsp3) is 0.375. The van der Waals surface area contributed by atoms with Crippen molar-refractivity contribution in [3.63, 3.8) is 0 Å². The Morgan fingerprint density at radius 1 is 1.17 bits per heavy atom. The van der Waals surface area contributed by atoms with E-state index in [0.717, 1.165) is 25.9 Å². The van der Waals surface area contributed by atoms with Gasteiger partial charge in [0.25, 0.3) is 0 Å². The van der Waals surface area contributed by atoms with Crippen LogP contribution in [0.15, 0.2) is 60.7 Å². The zero-order valence-corrected chi connectivity index (χ0v) is 17.7. The average molecular weight is 416 g/mol. The summed E-state index contributed by atoms with van der Waals surface area (Å²) in [6.07, 6.45) is 3.88. The molecule has 156 valence electrons. The van der Waals surface area contributed by atoms with Crippen molar-refractivity contribution in [2.24, 2.45) is 5.92 Å². The molecule has 3 rings (SSSR count). The predicted molar refractivity (Wildman–Crippen MR) is 120 cm³/mol. The molecule has 29 heavy (non-hydrogen) atoms. The number of ether oxygens (including phenoxy) is 1. The second-order valence-corrected chi connectivity index (χ2v) is 7.35. The lowest BCUT2D eigenvalue weighted by atomic mass is 9.94. The molecule has 0 unspecified atom stereocenters. The Balaban J connectivity index is 0.00000300. The molecule has 0 radical (unpaired) electrons. The molecule has 0 amide bonds. The van der Waals surface area contributed by atoms with E-state index in [-0.39, 0.29) is 18.3 Å². The maximum Gasteiger partial charge on any atom is 0.307 e. The van der Waals surface area contributed by atoms with Gasteiger partial charge in [0.1, 0.15) is 0 Å². The molecule has 1 aliphatic rings. The summed E-state index contributed by atoms with van der Waals surface area (Å²) in [6, 6.07) is 18.8. The highest BCUT2D eigenvalue weighted by molar-refractivity contribution is 5.85. The first-order chi connectivity index (χ1) is 13.6. The third kappa shape index (κ3) is 6.70. The maximum absolute atomic E-state index is 11.2. The summed E-state index contributed by atoms with van der Waals surface area (Å²) >= 11 is 0. The number of aliphatic carboxylic acids is 1. The number of carbonyl (C=O) groups is 1. The fourth-order valence-electron chi connectivity index (χ4n) is 3.76. The number of halogens is 1. The first-order valence-corrected chi connectivity index (χ1v) is 9.99. The lowest BCUT2D eigenvalue weighted by molar-refractivity contribution is -0.143. The normalized spacial score (nSPS) is 17.6. The van der Waals surface area contributed by atoms with Crippen molar-refractivity contribution in [1.29, 1.82) is 0 Å². The number of aryl methyl sites for hydroxylation is 1. The van der Waals surface area contributed by atoms with Gasteiger partial charge >= 0.3 is 5.97 Å². The van der Waals surface area contributed by atoms with E-state index in [1.165, 1.54) is 22.3 Å². The summed E-state index contributed by atoms with van der Waals surface area (Å²) < 4.78 is 5.88. The predicted octanol–water partition coefficient (Wildman–Crippen LogP) is 4.66. The van der Waals surface area contributed by atoms with Crippen molar-refractivity contribution >= 4 is 23.9 Å². The number of hydrogen-bond donors (Lipinski definition) is 1. The number of hydrogen-bond acceptors (Lipinski definition) is 3. The summed E-state index contributed by atoms with van der Waals surface area (Å²) in [5.74, 6) is -0.918. The summed E-state index contributed by atoms with van der Waals surface area (Å²) in [5.41, 5.74) is 4.83. The average Bonchev–Trinajstić information content (AvgIpc) is 2.72. The summed E-state index contributed by atoms with van der Waals surface area (Å²) in [6.45, 7) is 5.65. The molecule has 1 aliphatic heterocycles. The topological polar surface area (TPSA) is 49.8 Å². The maximum atomic E-state index is 11.2. The van der Waals surface area contributed by atoms with Gasteiger partial charge in [-0.05, 0) is 48.6 Å². The van der Waals surface area contributed by atoms with Gasteiger partial charge in [0, 0.05) is 13.1 Å². The molecule has 1 atom stereocenters. The molecule has 1 N–H and O–H groups in total. The third-order valence-corrected chi connectivity index (χ3v) is 5.33. The molecule has 2 aromatic rings. The Kier molecular flexibility index (Phi) is 9.39. The Hall–Kier alpha value is -2.14. The Morgan fingerprint density at radius 3 is 2.62 bits per heavy atom. The van der Waals surface area contributed by atoms with E-state index in [4.69, 9.17) is 4.74 Å². The third-order valence-electron chi connectivity index (χ3n) is 5.33. The van der Waals surface area contributed by atoms with Crippen LogP contribution >= 0.6 is 12.4 Å². The van der Waals surface area contributed by atoms with E-state index in [9.17, 15) is 9.90 Å². The molecular formula is C24H30ClNO3. The van der Waals surface area contributed by atoms with Crippen LogP contribution in [0, 0.1) is 12.8 Å². The van der Waals surface area contributed by atoms with Gasteiger partial charge in [0.2, 0.25) is 0 Å². The van der Waals surface area contributed by atoms with Crippen molar-refractivity contribution in [1.82, 2.24) is 4.90 Å². The molecule has 5 heteroatoms. The van der Waals surface area contributed by atoms with E-state index in [1.54, 1.807) is 0 Å². The Bertz CT molecular complexity index is 807. The summed E-state index contributed by atoms with van der Waals surface area (Å²) in [5, 5.41) is 9.20. The van der Waals surface area contributed by atoms with Crippen LogP contribution in [0.25, 0.3) is 5.57 Å². The molecule has 0 spiro atoms. The number of carboxylic acids is 1. The van der Waals surface area contributed by atoms with Crippen molar-refractivity contribution in [2.75, 3.05) is 32.8 Å². The van der Waals surface area contributed by atoms with Crippen LogP contribution in [0.2, 0.25) is 0 Å². The van der Waals surface area contributed by atoms with E-state index >= 15 is 0 Å². The van der Waals surface area contributed by atoms with Gasteiger partial charge in [-0.1, -0.05) is 60.7 Å². The standard InChI is InChI=1S/C24H29NO3.ClH/c1-19-8-5-6-12-22(19)23(20-9-3-2-4-10-20)13-16-28-17-15-25-14-7-11-21(18-25)24(26)27;/h2-6,8-10,12-13,21H,7,11,14-18H2,1H3,(H,26,27);1H/b23-13+;/t21-;/m1./s1. The Labute approximate surface area is 179 Å². The van der Waals surface area contributed by atoms with Crippen molar-refractivity contribution in [3.8, 4) is 0 Å². The molecule has 0 saturated carbocycles. The number of rotatable bonds is 8. The van der Waals surface area contributed by atoms with Gasteiger partial charge in [-0.3, -0.25) is 4.79 Å². The SMILES string of the molecule is Cc1ccccc1/C(=C/COCCN1CCC[C@@H](C(=O)O)C1)c1ccccc1.Cl. The molecule has 0 bridgehead atoms. The van der Waals surface area contributed by atoms with Crippen molar-refractivity contribution in [3.05, 3.63) is 77.4 Å². The lowest BCUT2D eigenvalue weighted by Gasteiger charge is -2.30. The van der Waals surface area contributed by atoms with Gasteiger partial charge in [0.15, 0.2) is 0 Å². The molecule has 1 heterocycles. The zero-order valence-electron chi connectivity index (χ0n) is 16.9. The van der Waals surface area contributed by atoms with Crippen LogP contribution in [0.3, 0.4) is 0 Å². The second kappa shape index (κ2) is 11.8. The molecule has 1 fully saturated rings. The van der Waals surface area contributed by atoms with Gasteiger partial charge in [-0.2, -0.15) is 0 Å². The lowest BCUT2D eigenvalue weighted by Crippen LogP contribution is -2.40. The molecule has 0 aromatic heterocycles. The smallest absolute Gasteiger partial charge is 0.307 e. The van der Waals surface area contributed by atoms with E-state index in [0.29, 0.717) is 19.8 Å². The van der Waals surface area contributed by atoms with Gasteiger partial charge in [-0.15, -0.1) is 12.4 Å². The highest BCUT2D eigenvalue weighted by Gasteiger charge is 2.24. The van der Waals surface area contributed by atoms with Crippen molar-refractivity contribution < 1.29 is 14.6 Å². The largest absolute Gasteiger partial charge is 0.481 e. The molecule has 4 nitrogen and oxygen atoms in total. The van der Waals surface area contributed by atoms with Crippen LogP contribution in [-0.2, 0) is 9.53 Å². The van der Waals surface area contributed by atoms with Crippen molar-refractivity contribution in [2.45, 2.75) is 19.8 Å². The number of likely N-dealkylation sites (tertiary alicyclic amines) is 1. The first-order valence-electron chi connectivity index (χ1n) is 9.99. The summed E-state index contributed by atoms with van der Waals surface area (Å²) in [7, 11) is 0. The van der Waals surface area contributed by atoms with E-state index in [2.05, 4.69) is 66.4 Å². The van der Waals surface area contributed by atoms with E-state index < -0.39 is 5.97 Å². The minimum absolute atomic E-state index is 0. The van der Waals surface area contributed by atoms with Crippen LogP contribution < -0.4 is 0 Å². The van der Waals surface area contributed by atoms with E-state index in [1.807, 2.05) is 6.07 Å². The fourth-order valence-corrected chi connectivity index (χ4v) is 3.76. The second-order valence-electron chi connectivity index (χ2n) is 7.35. The molecule has 0 aliphatic carbocycles. The number of nitrogens with zero attached hydrogens (tertiary/aromatic N) is 1. The quantitative estimate of drug-likeness (QED) is 0.637. The highest BCUT2D eigenvalue weighted by atomic mass is 35.5. The summed E-state index contributed by atoms with van der Waals surface area (Å²) in [4.78, 5) is 13.4.